The summed E-state index contributed by atoms with van der Waals surface area (Å²) in [6, 6.07) is 5.71. The van der Waals surface area contributed by atoms with Gasteiger partial charge < -0.3 is 16.0 Å². The van der Waals surface area contributed by atoms with Crippen LogP contribution in [0.15, 0.2) is 30.6 Å². The fourth-order valence-electron chi connectivity index (χ4n) is 2.35. The molecule has 0 saturated heterocycles. The van der Waals surface area contributed by atoms with Gasteiger partial charge in [-0.25, -0.2) is 0 Å². The Morgan fingerprint density at radius 1 is 1.33 bits per heavy atom. The Bertz CT molecular complexity index is 610. The lowest BCUT2D eigenvalue weighted by molar-refractivity contribution is 0.0953. The Morgan fingerprint density at radius 2 is 2.24 bits per heavy atom. The van der Waals surface area contributed by atoms with E-state index >= 15 is 0 Å². The third-order valence-corrected chi connectivity index (χ3v) is 3.37. The van der Waals surface area contributed by atoms with Crippen LogP contribution in [0.5, 0.6) is 0 Å². The molecule has 3 N–H and O–H groups in total. The third kappa shape index (κ3) is 3.13. The maximum absolute atomic E-state index is 12.3. The predicted molar refractivity (Wildman–Crippen MR) is 80.4 cm³/mol. The van der Waals surface area contributed by atoms with Gasteiger partial charge in [0, 0.05) is 32.4 Å². The second-order valence-corrected chi connectivity index (χ2v) is 4.86. The zero-order chi connectivity index (χ0) is 14.5. The van der Waals surface area contributed by atoms with Crippen molar-refractivity contribution >= 4 is 17.3 Å². The van der Waals surface area contributed by atoms with E-state index in [0.29, 0.717) is 12.1 Å². The fourth-order valence-corrected chi connectivity index (χ4v) is 2.35. The van der Waals surface area contributed by atoms with E-state index in [4.69, 9.17) is 0 Å². The number of aryl methyl sites for hydroxylation is 1. The van der Waals surface area contributed by atoms with E-state index in [-0.39, 0.29) is 5.91 Å². The second kappa shape index (κ2) is 6.25. The first-order chi connectivity index (χ1) is 10.3. The van der Waals surface area contributed by atoms with E-state index in [1.54, 1.807) is 10.9 Å². The Hall–Kier alpha value is -2.57. The highest BCUT2D eigenvalue weighted by Gasteiger charge is 2.16. The summed E-state index contributed by atoms with van der Waals surface area (Å²) in [6.07, 6.45) is 4.27. The number of benzene rings is 1. The van der Waals surface area contributed by atoms with Gasteiger partial charge in [-0.3, -0.25) is 9.48 Å². The largest absolute Gasteiger partial charge is 0.382 e. The first-order valence-corrected chi connectivity index (χ1v) is 7.07. The molecule has 0 unspecified atom stereocenters. The van der Waals surface area contributed by atoms with Crippen LogP contribution in [0, 0.1) is 0 Å². The van der Waals surface area contributed by atoms with Crippen LogP contribution in [0.1, 0.15) is 16.8 Å². The number of para-hydroxylation sites is 1. The summed E-state index contributed by atoms with van der Waals surface area (Å²) in [5.41, 5.74) is 2.55. The molecule has 1 aromatic heterocycles. The van der Waals surface area contributed by atoms with E-state index in [1.165, 1.54) is 0 Å². The molecule has 0 bridgehead atoms. The van der Waals surface area contributed by atoms with E-state index in [0.717, 1.165) is 37.4 Å². The average Bonchev–Trinajstić information content (AvgIpc) is 3.04. The van der Waals surface area contributed by atoms with Gasteiger partial charge in [0.1, 0.15) is 0 Å². The molecule has 0 radical (unpaired) electrons. The fraction of sp³-hybridized carbons (Fsp3) is 0.357. The van der Waals surface area contributed by atoms with Crippen LogP contribution in [0.4, 0.5) is 11.4 Å². The number of carbonyl (C=O) groups excluding carboxylic acids is 1. The van der Waals surface area contributed by atoms with Crippen LogP contribution in [0.25, 0.3) is 0 Å². The summed E-state index contributed by atoms with van der Waals surface area (Å²) in [7, 11) is 0. The lowest BCUT2D eigenvalue weighted by Crippen LogP contribution is -2.28. The topological polar surface area (TPSA) is 83.9 Å². The molecule has 1 aromatic carbocycles. The Kier molecular flexibility index (Phi) is 3.99. The van der Waals surface area contributed by atoms with Crippen molar-refractivity contribution in [1.82, 2.24) is 20.3 Å². The number of aromatic nitrogens is 3. The molecule has 0 saturated carbocycles. The molecule has 110 valence electrons. The minimum Gasteiger partial charge on any atom is -0.382 e. The quantitative estimate of drug-likeness (QED) is 0.712. The lowest BCUT2D eigenvalue weighted by Gasteiger charge is -2.22. The Balaban J connectivity index is 1.56. The molecule has 3 rings (SSSR count). The zero-order valence-corrected chi connectivity index (χ0v) is 11.7. The Morgan fingerprint density at radius 3 is 3.10 bits per heavy atom. The molecule has 21 heavy (non-hydrogen) atoms. The first-order valence-electron chi connectivity index (χ1n) is 7.07. The molecule has 7 heteroatoms. The van der Waals surface area contributed by atoms with E-state index in [1.807, 2.05) is 24.4 Å². The third-order valence-electron chi connectivity index (χ3n) is 3.37. The smallest absolute Gasteiger partial charge is 0.253 e. The van der Waals surface area contributed by atoms with Crippen molar-refractivity contribution in [3.05, 3.63) is 36.2 Å². The number of hydrogen-bond donors (Lipinski definition) is 3. The van der Waals surface area contributed by atoms with Gasteiger partial charge in [0.15, 0.2) is 0 Å². The Labute approximate surface area is 122 Å². The SMILES string of the molecule is O=C(NCCCn1ccnn1)c1cccc2c1NCCN2. The number of carbonyl (C=O) groups is 1. The second-order valence-electron chi connectivity index (χ2n) is 4.86. The summed E-state index contributed by atoms with van der Waals surface area (Å²) in [5.74, 6) is -0.0540. The number of fused-ring (bicyclic) bond motifs is 1. The summed E-state index contributed by atoms with van der Waals surface area (Å²) in [5, 5.41) is 17.1. The van der Waals surface area contributed by atoms with Crippen LogP contribution in [0.2, 0.25) is 0 Å². The maximum Gasteiger partial charge on any atom is 0.253 e. The van der Waals surface area contributed by atoms with Crippen LogP contribution in [0.3, 0.4) is 0 Å². The van der Waals surface area contributed by atoms with Gasteiger partial charge in [0.05, 0.1) is 23.1 Å². The van der Waals surface area contributed by atoms with Gasteiger partial charge in [-0.2, -0.15) is 0 Å². The van der Waals surface area contributed by atoms with Gasteiger partial charge in [0.25, 0.3) is 5.91 Å². The van der Waals surface area contributed by atoms with Crippen LogP contribution in [-0.2, 0) is 6.54 Å². The summed E-state index contributed by atoms with van der Waals surface area (Å²) in [6.45, 7) is 3.04. The van der Waals surface area contributed by atoms with Crippen LogP contribution >= 0.6 is 0 Å². The van der Waals surface area contributed by atoms with E-state index in [2.05, 4.69) is 26.3 Å². The van der Waals surface area contributed by atoms with Crippen molar-refractivity contribution in [2.75, 3.05) is 30.3 Å². The standard InChI is InChI=1S/C14H18N6O/c21-14(17-5-2-9-20-10-8-18-19-20)11-3-1-4-12-13(11)16-7-6-15-12/h1,3-4,8,10,15-16H,2,5-7,9H2,(H,17,21). The molecule has 1 amide bonds. The van der Waals surface area contributed by atoms with Crippen molar-refractivity contribution in [1.29, 1.82) is 0 Å². The van der Waals surface area contributed by atoms with Gasteiger partial charge in [0.2, 0.25) is 0 Å². The number of nitrogens with one attached hydrogen (secondary N) is 3. The monoisotopic (exact) mass is 286 g/mol. The molecule has 0 atom stereocenters. The lowest BCUT2D eigenvalue weighted by atomic mass is 10.1. The average molecular weight is 286 g/mol. The van der Waals surface area contributed by atoms with Crippen LogP contribution < -0.4 is 16.0 Å². The molecular formula is C14H18N6O. The number of amides is 1. The molecule has 2 heterocycles. The summed E-state index contributed by atoms with van der Waals surface area (Å²) in [4.78, 5) is 12.3. The molecule has 1 aliphatic heterocycles. The number of rotatable bonds is 5. The van der Waals surface area contributed by atoms with Gasteiger partial charge in [-0.15, -0.1) is 5.10 Å². The molecule has 2 aromatic rings. The minimum atomic E-state index is -0.0540. The molecule has 1 aliphatic rings. The summed E-state index contributed by atoms with van der Waals surface area (Å²) >= 11 is 0. The number of anilines is 2. The van der Waals surface area contributed by atoms with Gasteiger partial charge in [-0.1, -0.05) is 11.3 Å². The van der Waals surface area contributed by atoms with Gasteiger partial charge in [-0.05, 0) is 18.6 Å². The van der Waals surface area contributed by atoms with Crippen molar-refractivity contribution in [2.24, 2.45) is 0 Å². The first kappa shape index (κ1) is 13.4. The molecule has 7 nitrogen and oxygen atoms in total. The highest BCUT2D eigenvalue weighted by Crippen LogP contribution is 2.28. The number of hydrogen-bond acceptors (Lipinski definition) is 5. The van der Waals surface area contributed by atoms with Crippen LogP contribution in [-0.4, -0.2) is 40.5 Å². The highest BCUT2D eigenvalue weighted by molar-refractivity contribution is 6.02. The van der Waals surface area contributed by atoms with Crippen molar-refractivity contribution in [3.63, 3.8) is 0 Å². The molecule has 0 fully saturated rings. The molecule has 0 spiro atoms. The number of nitrogens with zero attached hydrogens (tertiary/aromatic N) is 3. The molecular weight excluding hydrogens is 268 g/mol. The van der Waals surface area contributed by atoms with Crippen molar-refractivity contribution in [3.8, 4) is 0 Å². The highest BCUT2D eigenvalue weighted by atomic mass is 16.1. The van der Waals surface area contributed by atoms with E-state index < -0.39 is 0 Å². The van der Waals surface area contributed by atoms with Crippen molar-refractivity contribution in [2.45, 2.75) is 13.0 Å². The van der Waals surface area contributed by atoms with Crippen molar-refractivity contribution < 1.29 is 4.79 Å². The normalized spacial score (nSPS) is 13.0. The summed E-state index contributed by atoms with van der Waals surface area (Å²) < 4.78 is 1.75. The molecule has 0 aliphatic carbocycles. The van der Waals surface area contributed by atoms with Gasteiger partial charge >= 0.3 is 0 Å². The minimum absolute atomic E-state index is 0.0540. The predicted octanol–water partition coefficient (Wildman–Crippen LogP) is 0.936. The maximum atomic E-state index is 12.3. The van der Waals surface area contributed by atoms with E-state index in [9.17, 15) is 4.79 Å². The zero-order valence-electron chi connectivity index (χ0n) is 11.7.